The van der Waals surface area contributed by atoms with E-state index in [1.165, 1.54) is 58.0 Å². The fraction of sp³-hybridized carbons (Fsp3) is 1.00. The molecule has 2 aliphatic rings. The highest BCUT2D eigenvalue weighted by Gasteiger charge is 2.29. The lowest BCUT2D eigenvalue weighted by Gasteiger charge is -2.41. The van der Waals surface area contributed by atoms with Crippen molar-refractivity contribution >= 4 is 0 Å². The Morgan fingerprint density at radius 3 is 2.10 bits per heavy atom. The second-order valence-electron chi connectivity index (χ2n) is 8.89. The molecule has 20 heavy (non-hydrogen) atoms. The quantitative estimate of drug-likeness (QED) is 0.763. The van der Waals surface area contributed by atoms with Gasteiger partial charge in [-0.05, 0) is 64.7 Å². The molecule has 0 aromatic carbocycles. The van der Waals surface area contributed by atoms with Crippen molar-refractivity contribution in [3.63, 3.8) is 0 Å². The van der Waals surface area contributed by atoms with Crippen molar-refractivity contribution in [3.8, 4) is 0 Å². The fourth-order valence-electron chi connectivity index (χ4n) is 3.88. The summed E-state index contributed by atoms with van der Waals surface area (Å²) in [5.74, 6) is 0. The van der Waals surface area contributed by atoms with Gasteiger partial charge in [-0.25, -0.2) is 0 Å². The highest BCUT2D eigenvalue weighted by molar-refractivity contribution is 4.87. The van der Waals surface area contributed by atoms with Gasteiger partial charge in [-0.3, -0.25) is 4.90 Å². The molecule has 2 rings (SSSR count). The van der Waals surface area contributed by atoms with E-state index >= 15 is 0 Å². The van der Waals surface area contributed by atoms with Crippen LogP contribution in [0, 0.1) is 5.41 Å². The Bertz CT molecular complexity index is 295. The number of rotatable bonds is 2. The third-order valence-electron chi connectivity index (χ3n) is 5.49. The number of nitrogens with one attached hydrogen (secondary N) is 1. The average Bonchev–Trinajstić information content (AvgIpc) is 2.51. The van der Waals surface area contributed by atoms with Crippen molar-refractivity contribution in [1.82, 2.24) is 10.2 Å². The molecule has 1 N–H and O–H groups in total. The molecular weight excluding hydrogens is 244 g/mol. The van der Waals surface area contributed by atoms with Crippen LogP contribution in [0.4, 0.5) is 0 Å². The molecule has 0 aromatic heterocycles. The number of likely N-dealkylation sites (tertiary alicyclic amines) is 1. The standard InChI is InChI=1S/C18H36N2/c1-17(2,3)20-13-9-16(10-14-20)19-15-7-6-11-18(4,5)12-8-15/h15-16,19H,6-14H2,1-5H3. The molecule has 1 atom stereocenters. The Labute approximate surface area is 126 Å². The molecule has 0 spiro atoms. The molecule has 1 heterocycles. The minimum atomic E-state index is 0.345. The molecular formula is C18H36N2. The summed E-state index contributed by atoms with van der Waals surface area (Å²) in [6.45, 7) is 14.4. The van der Waals surface area contributed by atoms with E-state index in [2.05, 4.69) is 44.8 Å². The van der Waals surface area contributed by atoms with E-state index in [1.807, 2.05) is 0 Å². The van der Waals surface area contributed by atoms with Gasteiger partial charge in [0.15, 0.2) is 0 Å². The summed E-state index contributed by atoms with van der Waals surface area (Å²) >= 11 is 0. The van der Waals surface area contributed by atoms with Gasteiger partial charge in [0.25, 0.3) is 0 Å². The first kappa shape index (κ1) is 16.3. The first-order valence-electron chi connectivity index (χ1n) is 8.77. The van der Waals surface area contributed by atoms with Crippen LogP contribution in [0.2, 0.25) is 0 Å². The third kappa shape index (κ3) is 4.73. The zero-order valence-corrected chi connectivity index (χ0v) is 14.5. The maximum Gasteiger partial charge on any atom is 0.0125 e. The number of nitrogens with zero attached hydrogens (tertiary/aromatic N) is 1. The molecule has 1 saturated carbocycles. The maximum absolute atomic E-state index is 3.98. The summed E-state index contributed by atoms with van der Waals surface area (Å²) in [6.07, 6.45) is 9.65. The van der Waals surface area contributed by atoms with Crippen molar-refractivity contribution in [2.75, 3.05) is 13.1 Å². The van der Waals surface area contributed by atoms with E-state index < -0.39 is 0 Å². The van der Waals surface area contributed by atoms with Gasteiger partial charge in [0.2, 0.25) is 0 Å². The van der Waals surface area contributed by atoms with Gasteiger partial charge in [0.1, 0.15) is 0 Å². The largest absolute Gasteiger partial charge is 0.311 e. The van der Waals surface area contributed by atoms with Gasteiger partial charge in [0.05, 0.1) is 0 Å². The van der Waals surface area contributed by atoms with E-state index in [0.717, 1.165) is 12.1 Å². The predicted octanol–water partition coefficient (Wildman–Crippen LogP) is 4.20. The molecule has 1 unspecified atom stereocenters. The normalized spacial score (nSPS) is 30.1. The molecule has 1 aliphatic heterocycles. The molecule has 2 nitrogen and oxygen atoms in total. The third-order valence-corrected chi connectivity index (χ3v) is 5.49. The van der Waals surface area contributed by atoms with Crippen LogP contribution in [-0.4, -0.2) is 35.6 Å². The smallest absolute Gasteiger partial charge is 0.0125 e. The zero-order chi connectivity index (χ0) is 14.8. The summed E-state index contributed by atoms with van der Waals surface area (Å²) in [7, 11) is 0. The Balaban J connectivity index is 1.75. The second kappa shape index (κ2) is 6.36. The van der Waals surface area contributed by atoms with Gasteiger partial charge in [-0.2, -0.15) is 0 Å². The van der Waals surface area contributed by atoms with Gasteiger partial charge in [-0.1, -0.05) is 20.3 Å². The Morgan fingerprint density at radius 1 is 0.900 bits per heavy atom. The fourth-order valence-corrected chi connectivity index (χ4v) is 3.88. The van der Waals surface area contributed by atoms with E-state index in [4.69, 9.17) is 0 Å². The van der Waals surface area contributed by atoms with Crippen LogP contribution in [0.15, 0.2) is 0 Å². The summed E-state index contributed by atoms with van der Waals surface area (Å²) in [6, 6.07) is 1.54. The Kier molecular flexibility index (Phi) is 5.18. The predicted molar refractivity (Wildman–Crippen MR) is 88.1 cm³/mol. The molecule has 118 valence electrons. The van der Waals surface area contributed by atoms with Crippen molar-refractivity contribution in [1.29, 1.82) is 0 Å². The maximum atomic E-state index is 3.98. The van der Waals surface area contributed by atoms with Crippen molar-refractivity contribution in [2.45, 2.75) is 97.2 Å². The van der Waals surface area contributed by atoms with Crippen molar-refractivity contribution in [2.24, 2.45) is 5.41 Å². The average molecular weight is 280 g/mol. The van der Waals surface area contributed by atoms with Crippen molar-refractivity contribution in [3.05, 3.63) is 0 Å². The van der Waals surface area contributed by atoms with Crippen LogP contribution in [0.25, 0.3) is 0 Å². The van der Waals surface area contributed by atoms with Crippen LogP contribution in [-0.2, 0) is 0 Å². The highest BCUT2D eigenvalue weighted by atomic mass is 15.2. The summed E-state index contributed by atoms with van der Waals surface area (Å²) in [4.78, 5) is 2.64. The number of piperidine rings is 1. The summed E-state index contributed by atoms with van der Waals surface area (Å²) < 4.78 is 0. The minimum Gasteiger partial charge on any atom is -0.311 e. The van der Waals surface area contributed by atoms with E-state index in [-0.39, 0.29) is 0 Å². The molecule has 2 fully saturated rings. The van der Waals surface area contributed by atoms with Crippen LogP contribution >= 0.6 is 0 Å². The lowest BCUT2D eigenvalue weighted by atomic mass is 9.85. The summed E-state index contributed by atoms with van der Waals surface area (Å²) in [5, 5.41) is 3.98. The highest BCUT2D eigenvalue weighted by Crippen LogP contribution is 2.34. The molecule has 1 aliphatic carbocycles. The Morgan fingerprint density at radius 2 is 1.50 bits per heavy atom. The van der Waals surface area contributed by atoms with E-state index in [1.54, 1.807) is 0 Å². The molecule has 1 saturated heterocycles. The van der Waals surface area contributed by atoms with E-state index in [0.29, 0.717) is 11.0 Å². The molecule has 2 heteroatoms. The molecule has 0 radical (unpaired) electrons. The first-order chi connectivity index (χ1) is 9.26. The van der Waals surface area contributed by atoms with Gasteiger partial charge < -0.3 is 5.32 Å². The first-order valence-corrected chi connectivity index (χ1v) is 8.77. The van der Waals surface area contributed by atoms with Crippen LogP contribution < -0.4 is 5.32 Å². The molecule has 0 bridgehead atoms. The second-order valence-corrected chi connectivity index (χ2v) is 8.89. The van der Waals surface area contributed by atoms with E-state index in [9.17, 15) is 0 Å². The number of hydrogen-bond donors (Lipinski definition) is 1. The minimum absolute atomic E-state index is 0.345. The zero-order valence-electron chi connectivity index (χ0n) is 14.5. The Hall–Kier alpha value is -0.0800. The lowest BCUT2D eigenvalue weighted by Crippen LogP contribution is -2.51. The summed E-state index contributed by atoms with van der Waals surface area (Å²) in [5.41, 5.74) is 0.920. The van der Waals surface area contributed by atoms with Crippen LogP contribution in [0.1, 0.15) is 79.6 Å². The van der Waals surface area contributed by atoms with Gasteiger partial charge in [0, 0.05) is 30.7 Å². The molecule has 0 amide bonds. The number of hydrogen-bond acceptors (Lipinski definition) is 2. The van der Waals surface area contributed by atoms with Gasteiger partial charge >= 0.3 is 0 Å². The van der Waals surface area contributed by atoms with Crippen molar-refractivity contribution < 1.29 is 0 Å². The SMILES string of the molecule is CC1(C)CCCC(NC2CCN(C(C)(C)C)CC2)CC1. The topological polar surface area (TPSA) is 15.3 Å². The van der Waals surface area contributed by atoms with Crippen LogP contribution in [0.3, 0.4) is 0 Å². The monoisotopic (exact) mass is 280 g/mol. The molecule has 0 aromatic rings. The lowest BCUT2D eigenvalue weighted by molar-refractivity contribution is 0.0930. The van der Waals surface area contributed by atoms with Crippen LogP contribution in [0.5, 0.6) is 0 Å². The van der Waals surface area contributed by atoms with Gasteiger partial charge in [-0.15, -0.1) is 0 Å².